The maximum absolute atomic E-state index is 14.0. The second-order valence-electron chi connectivity index (χ2n) is 8.30. The number of benzene rings is 2. The molecule has 0 spiro atoms. The lowest BCUT2D eigenvalue weighted by Crippen LogP contribution is -2.08. The number of hydrogen-bond acceptors (Lipinski definition) is 4. The third-order valence-electron chi connectivity index (χ3n) is 5.53. The number of aromatic nitrogens is 2. The van der Waals surface area contributed by atoms with Crippen molar-refractivity contribution in [1.82, 2.24) is 9.97 Å². The van der Waals surface area contributed by atoms with Gasteiger partial charge in [-0.2, -0.15) is 0 Å². The monoisotopic (exact) mass is 448 g/mol. The Bertz CT molecular complexity index is 1020. The maximum Gasteiger partial charge on any atom is 0.159 e. The van der Waals surface area contributed by atoms with Crippen LogP contribution in [0.25, 0.3) is 28.6 Å². The van der Waals surface area contributed by atoms with Crippen LogP contribution in [0, 0.1) is 5.82 Å². The van der Waals surface area contributed by atoms with Crippen molar-refractivity contribution in [3.05, 3.63) is 72.3 Å². The number of halogens is 1. The Labute approximate surface area is 196 Å². The molecule has 174 valence electrons. The lowest BCUT2D eigenvalue weighted by Gasteiger charge is -2.11. The van der Waals surface area contributed by atoms with Crippen molar-refractivity contribution in [1.29, 1.82) is 0 Å². The van der Waals surface area contributed by atoms with Crippen LogP contribution in [0.2, 0.25) is 0 Å². The molecule has 1 N–H and O–H groups in total. The van der Waals surface area contributed by atoms with E-state index in [2.05, 4.69) is 36.0 Å². The number of phenolic OH excluding ortho intramolecular Hbond substituents is 1. The van der Waals surface area contributed by atoms with E-state index in [1.54, 1.807) is 12.4 Å². The second-order valence-corrected chi connectivity index (χ2v) is 8.30. The molecule has 1 heterocycles. The Hall–Kier alpha value is -3.05. The van der Waals surface area contributed by atoms with Gasteiger partial charge in [-0.1, -0.05) is 56.2 Å². The highest BCUT2D eigenvalue weighted by molar-refractivity contribution is 5.65. The largest absolute Gasteiger partial charge is 0.508 e. The standard InChI is InChI=1S/C28H33FN2O2/c1-3-4-8-17-33-21(2)9-6-5-7-10-22-11-13-23(14-12-22)28-30-19-24(20-31-28)26-16-15-25(32)18-27(26)29/h7,10-16,18-21,32H,3-6,8-9,17H2,1-2H3. The number of aromatic hydroxyl groups is 1. The molecule has 0 saturated heterocycles. The zero-order chi connectivity index (χ0) is 23.5. The molecule has 1 aromatic heterocycles. The van der Waals surface area contributed by atoms with Crippen LogP contribution in [-0.4, -0.2) is 27.8 Å². The number of unbranched alkanes of at least 4 members (excludes halogenated alkanes) is 3. The van der Waals surface area contributed by atoms with Crippen LogP contribution >= 0.6 is 0 Å². The Morgan fingerprint density at radius 1 is 1.00 bits per heavy atom. The van der Waals surface area contributed by atoms with Gasteiger partial charge < -0.3 is 9.84 Å². The van der Waals surface area contributed by atoms with Gasteiger partial charge >= 0.3 is 0 Å². The molecule has 1 unspecified atom stereocenters. The quantitative estimate of drug-likeness (QED) is 0.293. The van der Waals surface area contributed by atoms with Gasteiger partial charge in [-0.25, -0.2) is 14.4 Å². The predicted octanol–water partition coefficient (Wildman–Crippen LogP) is 7.43. The molecule has 2 aromatic carbocycles. The van der Waals surface area contributed by atoms with Crippen molar-refractivity contribution in [2.45, 2.75) is 58.5 Å². The first-order valence-corrected chi connectivity index (χ1v) is 11.8. The molecule has 0 aliphatic carbocycles. The van der Waals surface area contributed by atoms with E-state index in [4.69, 9.17) is 4.74 Å². The summed E-state index contributed by atoms with van der Waals surface area (Å²) >= 11 is 0. The van der Waals surface area contributed by atoms with Crippen molar-refractivity contribution < 1.29 is 14.2 Å². The van der Waals surface area contributed by atoms with Crippen molar-refractivity contribution >= 4 is 6.08 Å². The van der Waals surface area contributed by atoms with E-state index in [1.165, 1.54) is 25.0 Å². The summed E-state index contributed by atoms with van der Waals surface area (Å²) in [4.78, 5) is 8.77. The minimum atomic E-state index is -0.503. The van der Waals surface area contributed by atoms with E-state index in [-0.39, 0.29) is 5.75 Å². The highest BCUT2D eigenvalue weighted by Gasteiger charge is 2.08. The van der Waals surface area contributed by atoms with Gasteiger partial charge in [0.05, 0.1) is 6.10 Å². The van der Waals surface area contributed by atoms with E-state index in [0.717, 1.165) is 49.5 Å². The zero-order valence-electron chi connectivity index (χ0n) is 19.5. The summed E-state index contributed by atoms with van der Waals surface area (Å²) in [5, 5.41) is 9.36. The van der Waals surface area contributed by atoms with Gasteiger partial charge in [0, 0.05) is 41.8 Å². The SMILES string of the molecule is CCCCCOC(C)CCCC=Cc1ccc(-c2ncc(-c3ccc(O)cc3F)cn2)cc1. The van der Waals surface area contributed by atoms with E-state index in [0.29, 0.717) is 23.1 Å². The number of hydrogen-bond donors (Lipinski definition) is 1. The molecule has 0 aliphatic heterocycles. The summed E-state index contributed by atoms with van der Waals surface area (Å²) in [5.41, 5.74) is 2.96. The van der Waals surface area contributed by atoms with E-state index in [1.807, 2.05) is 24.3 Å². The fourth-order valence-electron chi connectivity index (χ4n) is 3.56. The lowest BCUT2D eigenvalue weighted by atomic mass is 10.1. The molecule has 0 fully saturated rings. The van der Waals surface area contributed by atoms with E-state index in [9.17, 15) is 9.50 Å². The summed E-state index contributed by atoms with van der Waals surface area (Å²) in [6.07, 6.45) is 14.7. The maximum atomic E-state index is 14.0. The summed E-state index contributed by atoms with van der Waals surface area (Å²) < 4.78 is 19.9. The molecule has 0 saturated carbocycles. The van der Waals surface area contributed by atoms with Crippen molar-refractivity contribution in [3.8, 4) is 28.3 Å². The summed E-state index contributed by atoms with van der Waals surface area (Å²) in [7, 11) is 0. The molecule has 4 nitrogen and oxygen atoms in total. The van der Waals surface area contributed by atoms with E-state index < -0.39 is 5.82 Å². The van der Waals surface area contributed by atoms with Crippen molar-refractivity contribution in [2.24, 2.45) is 0 Å². The highest BCUT2D eigenvalue weighted by atomic mass is 19.1. The smallest absolute Gasteiger partial charge is 0.159 e. The zero-order valence-corrected chi connectivity index (χ0v) is 19.5. The second kappa shape index (κ2) is 12.9. The van der Waals surface area contributed by atoms with Crippen LogP contribution in [-0.2, 0) is 4.74 Å². The molecule has 0 aliphatic rings. The first-order valence-electron chi connectivity index (χ1n) is 11.8. The topological polar surface area (TPSA) is 55.2 Å². The molecule has 5 heteroatoms. The Kier molecular flexibility index (Phi) is 9.58. The van der Waals surface area contributed by atoms with E-state index >= 15 is 0 Å². The Morgan fingerprint density at radius 3 is 2.45 bits per heavy atom. The van der Waals surface area contributed by atoms with Crippen molar-refractivity contribution in [2.75, 3.05) is 6.61 Å². The molecular formula is C28H33FN2O2. The Morgan fingerprint density at radius 2 is 1.76 bits per heavy atom. The summed E-state index contributed by atoms with van der Waals surface area (Å²) in [6, 6.07) is 12.1. The Balaban J connectivity index is 1.48. The fraction of sp³-hybridized carbons (Fsp3) is 0.357. The lowest BCUT2D eigenvalue weighted by molar-refractivity contribution is 0.0566. The summed E-state index contributed by atoms with van der Waals surface area (Å²) in [6.45, 7) is 5.24. The van der Waals surface area contributed by atoms with Crippen LogP contribution < -0.4 is 0 Å². The third-order valence-corrected chi connectivity index (χ3v) is 5.53. The average molecular weight is 449 g/mol. The molecule has 33 heavy (non-hydrogen) atoms. The molecule has 0 bridgehead atoms. The molecule has 0 radical (unpaired) electrons. The predicted molar refractivity (Wildman–Crippen MR) is 132 cm³/mol. The van der Waals surface area contributed by atoms with Crippen LogP contribution in [0.4, 0.5) is 4.39 Å². The number of rotatable bonds is 12. The van der Waals surface area contributed by atoms with Crippen LogP contribution in [0.15, 0.2) is 60.9 Å². The minimum Gasteiger partial charge on any atom is -0.508 e. The average Bonchev–Trinajstić information content (AvgIpc) is 2.82. The van der Waals surface area contributed by atoms with Gasteiger partial charge in [-0.3, -0.25) is 0 Å². The molecule has 3 aromatic rings. The fourth-order valence-corrected chi connectivity index (χ4v) is 3.56. The minimum absolute atomic E-state index is 0.107. The number of phenols is 1. The third kappa shape index (κ3) is 7.79. The van der Waals surface area contributed by atoms with Gasteiger partial charge in [0.2, 0.25) is 0 Å². The number of nitrogens with zero attached hydrogens (tertiary/aromatic N) is 2. The molecular weight excluding hydrogens is 415 g/mol. The van der Waals surface area contributed by atoms with Gasteiger partial charge in [-0.15, -0.1) is 0 Å². The van der Waals surface area contributed by atoms with Gasteiger partial charge in [-0.05, 0) is 50.3 Å². The highest BCUT2D eigenvalue weighted by Crippen LogP contribution is 2.26. The number of ether oxygens (including phenoxy) is 1. The van der Waals surface area contributed by atoms with Gasteiger partial charge in [0.1, 0.15) is 11.6 Å². The van der Waals surface area contributed by atoms with Gasteiger partial charge in [0.15, 0.2) is 5.82 Å². The first kappa shape index (κ1) is 24.6. The summed E-state index contributed by atoms with van der Waals surface area (Å²) in [5.74, 6) is -0.0258. The normalized spacial score (nSPS) is 12.3. The molecule has 1 atom stereocenters. The van der Waals surface area contributed by atoms with Crippen LogP contribution in [0.5, 0.6) is 5.75 Å². The molecule has 0 amide bonds. The van der Waals surface area contributed by atoms with Gasteiger partial charge in [0.25, 0.3) is 0 Å². The van der Waals surface area contributed by atoms with Crippen LogP contribution in [0.1, 0.15) is 57.9 Å². The number of allylic oxidation sites excluding steroid dienone is 1. The van der Waals surface area contributed by atoms with Crippen molar-refractivity contribution in [3.63, 3.8) is 0 Å². The first-order chi connectivity index (χ1) is 16.1. The molecule has 3 rings (SSSR count). The van der Waals surface area contributed by atoms with Crippen LogP contribution in [0.3, 0.4) is 0 Å².